The van der Waals surface area contributed by atoms with Crippen LogP contribution in [0.2, 0.25) is 0 Å². The Morgan fingerprint density at radius 2 is 1.82 bits per heavy atom. The summed E-state index contributed by atoms with van der Waals surface area (Å²) in [5.74, 6) is 0. The van der Waals surface area contributed by atoms with Gasteiger partial charge in [-0.25, -0.2) is 0 Å². The first-order valence-corrected chi connectivity index (χ1v) is 4.66. The number of hydrogen-bond acceptors (Lipinski definition) is 1. The van der Waals surface area contributed by atoms with Gasteiger partial charge < -0.3 is 4.43 Å². The van der Waals surface area contributed by atoms with E-state index in [-0.39, 0.29) is 0 Å². The normalized spacial score (nSPS) is 10.5. The molecule has 0 unspecified atom stereocenters. The summed E-state index contributed by atoms with van der Waals surface area (Å²) >= 11 is 0. The zero-order valence-corrected chi connectivity index (χ0v) is 7.87. The minimum atomic E-state index is 0.327. The van der Waals surface area contributed by atoms with Gasteiger partial charge in [0.2, 0.25) is 0 Å². The average molecular weight is 164 g/mol. The molecule has 58 valence electrons. The van der Waals surface area contributed by atoms with Crippen LogP contribution in [0.15, 0.2) is 30.3 Å². The molecule has 1 rings (SSSR count). The van der Waals surface area contributed by atoms with Gasteiger partial charge in [-0.05, 0) is 19.0 Å². The van der Waals surface area contributed by atoms with E-state index in [0.29, 0.717) is 15.9 Å². The van der Waals surface area contributed by atoms with Crippen LogP contribution in [0.3, 0.4) is 0 Å². The Labute approximate surface area is 70.3 Å². The van der Waals surface area contributed by atoms with Gasteiger partial charge in [0.1, 0.15) is 0 Å². The van der Waals surface area contributed by atoms with Gasteiger partial charge in [-0.3, -0.25) is 0 Å². The first-order valence-electron chi connectivity index (χ1n) is 3.76. The monoisotopic (exact) mass is 164 g/mol. The molecule has 0 aliphatic heterocycles. The van der Waals surface area contributed by atoms with Crippen molar-refractivity contribution in [3.63, 3.8) is 0 Å². The summed E-state index contributed by atoms with van der Waals surface area (Å²) in [6.45, 7) is 4.10. The molecule has 0 fully saturated rings. The Balaban J connectivity index is 2.39. The Kier molecular flexibility index (Phi) is 3.33. The predicted octanol–water partition coefficient (Wildman–Crippen LogP) is 1.36. The van der Waals surface area contributed by atoms with Crippen LogP contribution in [0.1, 0.15) is 13.8 Å². The third-order valence-electron chi connectivity index (χ3n) is 1.19. The van der Waals surface area contributed by atoms with Crippen molar-refractivity contribution in [1.82, 2.24) is 0 Å². The van der Waals surface area contributed by atoms with E-state index in [2.05, 4.69) is 26.0 Å². The van der Waals surface area contributed by atoms with Crippen molar-refractivity contribution in [2.24, 2.45) is 0 Å². The van der Waals surface area contributed by atoms with Crippen LogP contribution in [0.5, 0.6) is 0 Å². The Morgan fingerprint density at radius 3 is 2.36 bits per heavy atom. The molecular formula is C9H12OSi. The summed E-state index contributed by atoms with van der Waals surface area (Å²) in [7, 11) is 0.485. The minimum Gasteiger partial charge on any atom is -0.409 e. The highest BCUT2D eigenvalue weighted by atomic mass is 28.2. The minimum absolute atomic E-state index is 0.327. The Bertz CT molecular complexity index is 196. The summed E-state index contributed by atoms with van der Waals surface area (Å²) in [5.41, 5.74) is 0. The summed E-state index contributed by atoms with van der Waals surface area (Å²) in [6, 6.07) is 10.3. The van der Waals surface area contributed by atoms with Gasteiger partial charge in [-0.1, -0.05) is 30.3 Å². The standard InChI is InChI=1S/C9H12OSi/c1-8(2)10-11-9-6-4-3-5-7-9/h3-8H,1-2H3. The lowest BCUT2D eigenvalue weighted by molar-refractivity contribution is 0.260. The Hall–Kier alpha value is -0.603. The number of rotatable bonds is 3. The molecular weight excluding hydrogens is 152 g/mol. The van der Waals surface area contributed by atoms with Crippen molar-refractivity contribution in [2.75, 3.05) is 0 Å². The van der Waals surface area contributed by atoms with Crippen LogP contribution in [0.4, 0.5) is 0 Å². The van der Waals surface area contributed by atoms with E-state index in [1.807, 2.05) is 18.2 Å². The van der Waals surface area contributed by atoms with Crippen LogP contribution < -0.4 is 5.19 Å². The van der Waals surface area contributed by atoms with Gasteiger partial charge in [0.25, 0.3) is 9.76 Å². The number of benzene rings is 1. The third kappa shape index (κ3) is 3.35. The molecule has 2 radical (unpaired) electrons. The maximum Gasteiger partial charge on any atom is 0.269 e. The average Bonchev–Trinajstić information content (AvgIpc) is 2.03. The molecule has 2 heteroatoms. The lowest BCUT2D eigenvalue weighted by Crippen LogP contribution is -2.20. The zero-order chi connectivity index (χ0) is 8.10. The topological polar surface area (TPSA) is 9.23 Å². The third-order valence-corrected chi connectivity index (χ3v) is 2.34. The SMILES string of the molecule is CC(C)O[Si]c1ccccc1. The summed E-state index contributed by atoms with van der Waals surface area (Å²) in [4.78, 5) is 0. The molecule has 0 bridgehead atoms. The largest absolute Gasteiger partial charge is 0.409 e. The molecule has 0 aliphatic carbocycles. The quantitative estimate of drug-likeness (QED) is 0.613. The molecule has 0 atom stereocenters. The molecule has 0 heterocycles. The molecule has 1 nitrogen and oxygen atoms in total. The van der Waals surface area contributed by atoms with Crippen molar-refractivity contribution in [3.8, 4) is 0 Å². The van der Waals surface area contributed by atoms with E-state index in [0.717, 1.165) is 0 Å². The van der Waals surface area contributed by atoms with E-state index < -0.39 is 0 Å². The molecule has 0 aromatic heterocycles. The maximum absolute atomic E-state index is 5.46. The summed E-state index contributed by atoms with van der Waals surface area (Å²) in [5, 5.41) is 1.27. The molecule has 1 aromatic carbocycles. The smallest absolute Gasteiger partial charge is 0.269 e. The van der Waals surface area contributed by atoms with Crippen molar-refractivity contribution in [3.05, 3.63) is 30.3 Å². The van der Waals surface area contributed by atoms with E-state index in [9.17, 15) is 0 Å². The van der Waals surface area contributed by atoms with E-state index >= 15 is 0 Å². The lowest BCUT2D eigenvalue weighted by atomic mass is 10.4. The molecule has 11 heavy (non-hydrogen) atoms. The van der Waals surface area contributed by atoms with Gasteiger partial charge in [-0.15, -0.1) is 0 Å². The van der Waals surface area contributed by atoms with Crippen molar-refractivity contribution in [2.45, 2.75) is 20.0 Å². The van der Waals surface area contributed by atoms with Gasteiger partial charge in [-0.2, -0.15) is 0 Å². The Morgan fingerprint density at radius 1 is 1.18 bits per heavy atom. The van der Waals surface area contributed by atoms with Crippen molar-refractivity contribution < 1.29 is 4.43 Å². The fourth-order valence-corrected chi connectivity index (χ4v) is 1.39. The first-order chi connectivity index (χ1) is 5.29. The first kappa shape index (κ1) is 8.49. The maximum atomic E-state index is 5.46. The summed E-state index contributed by atoms with van der Waals surface area (Å²) in [6.07, 6.45) is 0.327. The second-order valence-electron chi connectivity index (χ2n) is 2.63. The predicted molar refractivity (Wildman–Crippen MR) is 48.1 cm³/mol. The van der Waals surface area contributed by atoms with Crippen molar-refractivity contribution in [1.29, 1.82) is 0 Å². The second kappa shape index (κ2) is 4.31. The van der Waals surface area contributed by atoms with E-state index in [4.69, 9.17) is 4.43 Å². The van der Waals surface area contributed by atoms with Crippen LogP contribution in [-0.4, -0.2) is 15.9 Å². The molecule has 0 spiro atoms. The van der Waals surface area contributed by atoms with E-state index in [1.54, 1.807) is 0 Å². The van der Waals surface area contributed by atoms with Gasteiger partial charge in [0.15, 0.2) is 0 Å². The van der Waals surface area contributed by atoms with Gasteiger partial charge in [0, 0.05) is 6.10 Å². The molecule has 0 saturated carbocycles. The molecule has 0 N–H and O–H groups in total. The van der Waals surface area contributed by atoms with E-state index in [1.165, 1.54) is 5.19 Å². The molecule has 1 aromatic rings. The fourth-order valence-electron chi connectivity index (χ4n) is 0.692. The van der Waals surface area contributed by atoms with Gasteiger partial charge >= 0.3 is 0 Å². The van der Waals surface area contributed by atoms with Gasteiger partial charge in [0.05, 0.1) is 0 Å². The van der Waals surface area contributed by atoms with Crippen LogP contribution in [0, 0.1) is 0 Å². The second-order valence-corrected chi connectivity index (χ2v) is 3.65. The number of hydrogen-bond donors (Lipinski definition) is 0. The van der Waals surface area contributed by atoms with Crippen LogP contribution in [-0.2, 0) is 4.43 Å². The highest BCUT2D eigenvalue weighted by Crippen LogP contribution is 1.86. The highest BCUT2D eigenvalue weighted by molar-refractivity contribution is 6.46. The zero-order valence-electron chi connectivity index (χ0n) is 6.87. The van der Waals surface area contributed by atoms with Crippen LogP contribution >= 0.6 is 0 Å². The summed E-state index contributed by atoms with van der Waals surface area (Å²) < 4.78 is 5.46. The lowest BCUT2D eigenvalue weighted by Gasteiger charge is -2.04. The van der Waals surface area contributed by atoms with Crippen molar-refractivity contribution >= 4 is 14.9 Å². The molecule has 0 saturated heterocycles. The highest BCUT2D eigenvalue weighted by Gasteiger charge is 1.96. The van der Waals surface area contributed by atoms with Crippen LogP contribution in [0.25, 0.3) is 0 Å². The fraction of sp³-hybridized carbons (Fsp3) is 0.333. The molecule has 0 amide bonds. The molecule has 0 aliphatic rings.